The molecule has 1 fully saturated rings. The van der Waals surface area contributed by atoms with Crippen LogP contribution < -0.4 is 21.3 Å². The van der Waals surface area contributed by atoms with Crippen molar-refractivity contribution in [3.05, 3.63) is 81.8 Å². The monoisotopic (exact) mass is 588 g/mol. The van der Waals surface area contributed by atoms with Crippen LogP contribution in [0.5, 0.6) is 5.75 Å². The summed E-state index contributed by atoms with van der Waals surface area (Å²) >= 11 is 0. The highest BCUT2D eigenvalue weighted by Crippen LogP contribution is 2.45. The van der Waals surface area contributed by atoms with Gasteiger partial charge < -0.3 is 14.2 Å². The van der Waals surface area contributed by atoms with Gasteiger partial charge in [-0.15, -0.1) is 0 Å². The van der Waals surface area contributed by atoms with E-state index in [9.17, 15) is 14.4 Å². The average molecular weight is 589 g/mol. The van der Waals surface area contributed by atoms with Crippen LogP contribution in [0.1, 0.15) is 41.3 Å². The molecule has 0 saturated carbocycles. The highest BCUT2D eigenvalue weighted by molar-refractivity contribution is 6.05. The van der Waals surface area contributed by atoms with E-state index in [0.717, 1.165) is 18.7 Å². The van der Waals surface area contributed by atoms with Gasteiger partial charge in [0.15, 0.2) is 5.82 Å². The minimum Gasteiger partial charge on any atom is -0.497 e. The number of hydrogen-bond acceptors (Lipinski definition) is 10. The van der Waals surface area contributed by atoms with Crippen LogP contribution in [0.15, 0.2) is 64.4 Å². The second-order valence-corrected chi connectivity index (χ2v) is 10.3. The predicted molar refractivity (Wildman–Crippen MR) is 161 cm³/mol. The number of aliphatic imine (C=N–C) groups is 1. The summed E-state index contributed by atoms with van der Waals surface area (Å²) in [6.45, 7) is 7.47. The Labute approximate surface area is 249 Å². The number of esters is 1. The molecule has 1 aromatic heterocycles. The van der Waals surface area contributed by atoms with Gasteiger partial charge in [-0.1, -0.05) is 36.4 Å². The molecule has 2 aromatic carbocycles. The topological polar surface area (TPSA) is 136 Å². The second kappa shape index (κ2) is 13.6. The molecule has 12 heteroatoms. The van der Waals surface area contributed by atoms with Gasteiger partial charge in [-0.05, 0) is 37.6 Å². The third kappa shape index (κ3) is 6.60. The lowest BCUT2D eigenvalue weighted by atomic mass is 9.76. The van der Waals surface area contributed by atoms with Crippen LogP contribution in [0.25, 0.3) is 0 Å². The van der Waals surface area contributed by atoms with E-state index in [0.29, 0.717) is 54.7 Å². The lowest BCUT2D eigenvalue weighted by molar-refractivity contribution is -0.146. The van der Waals surface area contributed by atoms with Crippen molar-refractivity contribution in [2.75, 3.05) is 52.0 Å². The summed E-state index contributed by atoms with van der Waals surface area (Å²) in [6, 6.07) is 16.2. The minimum atomic E-state index is -0.767. The molecule has 0 radical (unpaired) electrons. The molecular weight excluding hydrogens is 552 g/mol. The van der Waals surface area contributed by atoms with Crippen molar-refractivity contribution in [3.8, 4) is 5.75 Å². The number of nitrogens with one attached hydrogen (secondary N) is 2. The first kappa shape index (κ1) is 29.9. The van der Waals surface area contributed by atoms with E-state index >= 15 is 0 Å². The van der Waals surface area contributed by atoms with Crippen molar-refractivity contribution < 1.29 is 23.8 Å². The number of aromatic nitrogens is 2. The van der Waals surface area contributed by atoms with Crippen LogP contribution in [0.3, 0.4) is 0 Å². The number of anilines is 1. The van der Waals surface area contributed by atoms with Crippen molar-refractivity contribution in [1.29, 1.82) is 0 Å². The number of hydrazine groups is 1. The van der Waals surface area contributed by atoms with E-state index in [1.54, 1.807) is 42.7 Å². The molecule has 0 bridgehead atoms. The van der Waals surface area contributed by atoms with Crippen molar-refractivity contribution >= 4 is 29.2 Å². The molecule has 12 nitrogen and oxygen atoms in total. The summed E-state index contributed by atoms with van der Waals surface area (Å²) in [5.74, 6) is -1.22. The largest absolute Gasteiger partial charge is 0.497 e. The second-order valence-electron chi connectivity index (χ2n) is 10.3. The maximum absolute atomic E-state index is 13.5. The van der Waals surface area contributed by atoms with E-state index < -0.39 is 29.4 Å². The molecule has 1 saturated heterocycles. The van der Waals surface area contributed by atoms with Crippen LogP contribution in [0.4, 0.5) is 11.6 Å². The number of carbonyl (C=O) groups is 2. The van der Waals surface area contributed by atoms with Crippen molar-refractivity contribution in [3.63, 3.8) is 0 Å². The van der Waals surface area contributed by atoms with Crippen molar-refractivity contribution in [1.82, 2.24) is 19.9 Å². The standard InChI is InChI=1S/C31H36N6O6/c1-4-43-30(39)24-20(2)32-28-26(25(24)21-9-6-5-7-10-21)27(34-35-29(38)22-11-8-12-23(19-22)41-3)33-31(40)37(28)14-13-36-15-17-42-18-16-36/h5-12,19,24-25H,4,13-18H2,1-3H3,(H,35,38)(H,33,34,40). The predicted octanol–water partition coefficient (Wildman–Crippen LogP) is 2.76. The zero-order valence-electron chi connectivity index (χ0n) is 24.5. The Morgan fingerprint density at radius 3 is 2.56 bits per heavy atom. The van der Waals surface area contributed by atoms with Crippen LogP contribution in [-0.4, -0.2) is 78.6 Å². The fourth-order valence-corrected chi connectivity index (χ4v) is 5.48. The highest BCUT2D eigenvalue weighted by Gasteiger charge is 2.42. The molecule has 0 aliphatic carbocycles. The Morgan fingerprint density at radius 1 is 1.07 bits per heavy atom. The van der Waals surface area contributed by atoms with Crippen LogP contribution >= 0.6 is 0 Å². The first-order valence-electron chi connectivity index (χ1n) is 14.3. The van der Waals surface area contributed by atoms with Gasteiger partial charge in [0.25, 0.3) is 5.91 Å². The quantitative estimate of drug-likeness (QED) is 0.271. The summed E-state index contributed by atoms with van der Waals surface area (Å²) in [6.07, 6.45) is 0. The Balaban J connectivity index is 1.60. The molecule has 3 aromatic rings. The smallest absolute Gasteiger partial charge is 0.351 e. The van der Waals surface area contributed by atoms with E-state index in [-0.39, 0.29) is 12.4 Å². The van der Waals surface area contributed by atoms with E-state index in [1.165, 1.54) is 7.11 Å². The summed E-state index contributed by atoms with van der Waals surface area (Å²) in [4.78, 5) is 51.4. The molecule has 2 unspecified atom stereocenters. The van der Waals surface area contributed by atoms with Gasteiger partial charge in [0, 0.05) is 48.9 Å². The summed E-state index contributed by atoms with van der Waals surface area (Å²) in [5.41, 5.74) is 7.21. The average Bonchev–Trinajstić information content (AvgIpc) is 3.03. The summed E-state index contributed by atoms with van der Waals surface area (Å²) < 4.78 is 17.7. The number of ether oxygens (including phenoxy) is 3. The molecule has 43 heavy (non-hydrogen) atoms. The maximum atomic E-state index is 13.5. The third-order valence-corrected chi connectivity index (χ3v) is 7.64. The number of benzene rings is 2. The number of methoxy groups -OCH3 is 1. The van der Waals surface area contributed by atoms with Gasteiger partial charge in [-0.25, -0.2) is 9.79 Å². The number of nitrogens with zero attached hydrogens (tertiary/aromatic N) is 4. The molecule has 0 spiro atoms. The zero-order valence-corrected chi connectivity index (χ0v) is 24.5. The normalized spacial score (nSPS) is 18.3. The molecule has 3 heterocycles. The van der Waals surface area contributed by atoms with Crippen LogP contribution in [-0.2, 0) is 20.8 Å². The first-order valence-corrected chi connectivity index (χ1v) is 14.3. The van der Waals surface area contributed by atoms with Gasteiger partial charge in [-0.2, -0.15) is 4.98 Å². The lowest BCUT2D eigenvalue weighted by Crippen LogP contribution is -2.41. The number of rotatable bonds is 10. The number of fused-ring (bicyclic) bond motifs is 1. The maximum Gasteiger partial charge on any atom is 0.351 e. The highest BCUT2D eigenvalue weighted by atomic mass is 16.5. The van der Waals surface area contributed by atoms with Gasteiger partial charge in [0.1, 0.15) is 17.5 Å². The number of amides is 1. The van der Waals surface area contributed by atoms with Crippen LogP contribution in [0, 0.1) is 5.92 Å². The van der Waals surface area contributed by atoms with E-state index in [4.69, 9.17) is 19.2 Å². The van der Waals surface area contributed by atoms with Gasteiger partial charge in [0.05, 0.1) is 26.9 Å². The fraction of sp³-hybridized carbons (Fsp3) is 0.387. The van der Waals surface area contributed by atoms with Crippen molar-refractivity contribution in [2.24, 2.45) is 10.9 Å². The molecular formula is C31H36N6O6. The number of morpholine rings is 1. The number of hydrogen-bond donors (Lipinski definition) is 2. The Morgan fingerprint density at radius 2 is 1.84 bits per heavy atom. The molecule has 5 rings (SSSR count). The SMILES string of the molecule is CCOC(=O)C1C(C)=Nc2c(c(NNC(=O)c3cccc(OC)c3)nc(=O)n2CCN2CCOCC2)C1c1ccccc1. The molecule has 2 atom stereocenters. The molecule has 226 valence electrons. The zero-order chi connectivity index (χ0) is 30.3. The molecule has 2 aliphatic heterocycles. The van der Waals surface area contributed by atoms with Gasteiger partial charge >= 0.3 is 11.7 Å². The number of carbonyl (C=O) groups excluding carboxylic acids is 2. The lowest BCUT2D eigenvalue weighted by Gasteiger charge is -2.33. The minimum absolute atomic E-state index is 0.110. The van der Waals surface area contributed by atoms with E-state index in [1.807, 2.05) is 30.3 Å². The summed E-state index contributed by atoms with van der Waals surface area (Å²) in [7, 11) is 1.52. The van der Waals surface area contributed by atoms with Gasteiger partial charge in [0.2, 0.25) is 0 Å². The third-order valence-electron chi connectivity index (χ3n) is 7.64. The molecule has 2 aliphatic rings. The summed E-state index contributed by atoms with van der Waals surface area (Å²) in [5, 5.41) is 0. The molecule has 1 amide bonds. The van der Waals surface area contributed by atoms with Crippen molar-refractivity contribution in [2.45, 2.75) is 26.3 Å². The van der Waals surface area contributed by atoms with Gasteiger partial charge in [-0.3, -0.25) is 29.9 Å². The Hall–Kier alpha value is -4.55. The molecule has 2 N–H and O–H groups in total. The fourth-order valence-electron chi connectivity index (χ4n) is 5.48. The first-order chi connectivity index (χ1) is 20.9. The van der Waals surface area contributed by atoms with Crippen LogP contribution in [0.2, 0.25) is 0 Å². The Kier molecular flexibility index (Phi) is 9.48. The Bertz CT molecular complexity index is 1550. The van der Waals surface area contributed by atoms with E-state index in [2.05, 4.69) is 20.7 Å².